The highest BCUT2D eigenvalue weighted by Crippen LogP contribution is 2.67. The van der Waals surface area contributed by atoms with E-state index in [0.717, 1.165) is 42.4 Å². The topological polar surface area (TPSA) is 20.2 Å². The summed E-state index contributed by atoms with van der Waals surface area (Å²) in [6, 6.07) is 0. The first-order chi connectivity index (χ1) is 13.7. The van der Waals surface area contributed by atoms with Gasteiger partial charge < -0.3 is 5.11 Å². The minimum atomic E-state index is -0.0866. The van der Waals surface area contributed by atoms with Gasteiger partial charge >= 0.3 is 0 Å². The van der Waals surface area contributed by atoms with Gasteiger partial charge in [-0.2, -0.15) is 0 Å². The Labute approximate surface area is 180 Å². The van der Waals surface area contributed by atoms with E-state index < -0.39 is 0 Å². The number of hydrogen-bond donors (Lipinski definition) is 1. The molecule has 0 amide bonds. The van der Waals surface area contributed by atoms with E-state index in [9.17, 15) is 5.11 Å². The van der Waals surface area contributed by atoms with Gasteiger partial charge in [0.2, 0.25) is 0 Å². The third-order valence-electron chi connectivity index (χ3n) is 10.6. The average molecular weight is 399 g/mol. The van der Waals surface area contributed by atoms with E-state index in [2.05, 4.69) is 59.8 Å². The van der Waals surface area contributed by atoms with Crippen molar-refractivity contribution < 1.29 is 5.11 Å². The van der Waals surface area contributed by atoms with Crippen LogP contribution in [0.4, 0.5) is 0 Å². The van der Waals surface area contributed by atoms with E-state index in [0.29, 0.717) is 22.7 Å². The molecule has 29 heavy (non-hydrogen) atoms. The van der Waals surface area contributed by atoms with Gasteiger partial charge in [-0.05, 0) is 104 Å². The summed E-state index contributed by atoms with van der Waals surface area (Å²) in [5, 5.41) is 10.2. The number of rotatable bonds is 4. The Bertz CT molecular complexity index is 659. The van der Waals surface area contributed by atoms with Crippen LogP contribution in [0.1, 0.15) is 92.9 Å². The largest absolute Gasteiger partial charge is 0.393 e. The van der Waals surface area contributed by atoms with Crippen LogP contribution >= 0.6 is 0 Å². The lowest BCUT2D eigenvalue weighted by molar-refractivity contribution is -0.0540. The normalized spacial score (nSPS) is 46.8. The smallest absolute Gasteiger partial charge is 0.0577 e. The van der Waals surface area contributed by atoms with E-state index >= 15 is 0 Å². The predicted octanol–water partition coefficient (Wildman–Crippen LogP) is 7.41. The van der Waals surface area contributed by atoms with Gasteiger partial charge in [-0.3, -0.25) is 0 Å². The third kappa shape index (κ3) is 3.58. The van der Waals surface area contributed by atoms with Crippen LogP contribution in [0, 0.1) is 52.3 Å². The molecule has 4 rings (SSSR count). The molecule has 0 radical (unpaired) electrons. The fraction of sp³-hybridized carbons (Fsp3) is 0.857. The molecule has 0 saturated heterocycles. The monoisotopic (exact) mass is 398 g/mol. The molecule has 4 aliphatic rings. The summed E-state index contributed by atoms with van der Waals surface area (Å²) in [6.45, 7) is 14.7. The molecule has 0 aromatic carbocycles. The van der Waals surface area contributed by atoms with Gasteiger partial charge in [-0.25, -0.2) is 0 Å². The first kappa shape index (κ1) is 21.7. The maximum absolute atomic E-state index is 10.2. The molecular formula is C28H46O. The molecule has 164 valence electrons. The molecule has 1 N–H and O–H groups in total. The molecule has 0 aromatic heterocycles. The van der Waals surface area contributed by atoms with Gasteiger partial charge in [0.15, 0.2) is 0 Å². The summed E-state index contributed by atoms with van der Waals surface area (Å²) in [5.41, 5.74) is 2.51. The maximum Gasteiger partial charge on any atom is 0.0577 e. The maximum atomic E-state index is 10.2. The van der Waals surface area contributed by atoms with Crippen molar-refractivity contribution in [2.45, 2.75) is 99.0 Å². The summed E-state index contributed by atoms with van der Waals surface area (Å²) in [4.78, 5) is 0. The van der Waals surface area contributed by atoms with E-state index in [1.165, 1.54) is 38.5 Å². The quantitative estimate of drug-likeness (QED) is 0.489. The minimum absolute atomic E-state index is 0.0866. The number of allylic oxidation sites excluding steroid dienone is 3. The number of fused-ring (bicyclic) bond motifs is 5. The highest BCUT2D eigenvalue weighted by molar-refractivity contribution is 5.25. The lowest BCUT2D eigenvalue weighted by Gasteiger charge is -2.58. The minimum Gasteiger partial charge on any atom is -0.393 e. The Kier molecular flexibility index (Phi) is 5.86. The van der Waals surface area contributed by atoms with Gasteiger partial charge in [0.25, 0.3) is 0 Å². The molecular weight excluding hydrogens is 352 g/mol. The van der Waals surface area contributed by atoms with Gasteiger partial charge in [0, 0.05) is 0 Å². The van der Waals surface area contributed by atoms with Crippen LogP contribution in [0.3, 0.4) is 0 Å². The zero-order valence-corrected chi connectivity index (χ0v) is 20.0. The van der Waals surface area contributed by atoms with Crippen molar-refractivity contribution in [1.82, 2.24) is 0 Å². The highest BCUT2D eigenvalue weighted by atomic mass is 16.3. The second-order valence-electron chi connectivity index (χ2n) is 12.2. The van der Waals surface area contributed by atoms with Crippen LogP contribution < -0.4 is 0 Å². The molecule has 1 heteroatoms. The first-order valence-corrected chi connectivity index (χ1v) is 12.7. The molecule has 0 aliphatic heterocycles. The molecule has 0 heterocycles. The van der Waals surface area contributed by atoms with Crippen molar-refractivity contribution in [2.75, 3.05) is 0 Å². The van der Waals surface area contributed by atoms with E-state index in [1.54, 1.807) is 5.57 Å². The van der Waals surface area contributed by atoms with Crippen LogP contribution in [0.5, 0.6) is 0 Å². The number of hydrogen-bond acceptors (Lipinski definition) is 1. The van der Waals surface area contributed by atoms with Crippen LogP contribution in [0.25, 0.3) is 0 Å². The average Bonchev–Trinajstić information content (AvgIpc) is 3.03. The molecule has 9 atom stereocenters. The van der Waals surface area contributed by atoms with Gasteiger partial charge in [-0.1, -0.05) is 65.3 Å². The summed E-state index contributed by atoms with van der Waals surface area (Å²) < 4.78 is 0. The third-order valence-corrected chi connectivity index (χ3v) is 10.6. The van der Waals surface area contributed by atoms with Gasteiger partial charge in [0.1, 0.15) is 0 Å². The molecule has 1 unspecified atom stereocenters. The molecule has 0 bridgehead atoms. The Morgan fingerprint density at radius 3 is 2.45 bits per heavy atom. The molecule has 1 nitrogen and oxygen atoms in total. The Morgan fingerprint density at radius 2 is 1.72 bits per heavy atom. The van der Waals surface area contributed by atoms with Crippen molar-refractivity contribution in [1.29, 1.82) is 0 Å². The Balaban J connectivity index is 1.53. The van der Waals surface area contributed by atoms with Crippen molar-refractivity contribution >= 4 is 0 Å². The van der Waals surface area contributed by atoms with E-state index in [1.807, 2.05) is 0 Å². The first-order valence-electron chi connectivity index (χ1n) is 12.7. The van der Waals surface area contributed by atoms with Crippen LogP contribution in [0.15, 0.2) is 23.8 Å². The lowest BCUT2D eigenvalue weighted by Crippen LogP contribution is -2.50. The zero-order chi connectivity index (χ0) is 21.0. The van der Waals surface area contributed by atoms with Crippen molar-refractivity contribution in [3.63, 3.8) is 0 Å². The summed E-state index contributed by atoms with van der Waals surface area (Å²) in [5.74, 6) is 5.63. The molecule has 0 aromatic rings. The van der Waals surface area contributed by atoms with Gasteiger partial charge in [0.05, 0.1) is 6.10 Å². The summed E-state index contributed by atoms with van der Waals surface area (Å²) in [6.07, 6.45) is 17.7. The predicted molar refractivity (Wildman–Crippen MR) is 124 cm³/mol. The summed E-state index contributed by atoms with van der Waals surface area (Å²) >= 11 is 0. The van der Waals surface area contributed by atoms with Crippen LogP contribution in [-0.4, -0.2) is 11.2 Å². The Morgan fingerprint density at radius 1 is 0.966 bits per heavy atom. The fourth-order valence-corrected chi connectivity index (χ4v) is 8.25. The summed E-state index contributed by atoms with van der Waals surface area (Å²) in [7, 11) is 0. The second-order valence-corrected chi connectivity index (χ2v) is 12.2. The SMILES string of the molecule is CC(/C=C/[C@H](C)C(C)C)[C@H]1CC[C@H]2[C@@H]3CC=C4C[C@@H](O)CC[C@]4(C)[C@H]3CC[C@]12C. The lowest BCUT2D eigenvalue weighted by atomic mass is 9.47. The molecule has 3 saturated carbocycles. The molecule has 4 aliphatic carbocycles. The number of aliphatic hydroxyl groups is 1. The zero-order valence-electron chi connectivity index (χ0n) is 20.0. The van der Waals surface area contributed by atoms with E-state index in [-0.39, 0.29) is 6.10 Å². The van der Waals surface area contributed by atoms with Crippen molar-refractivity contribution in [3.8, 4) is 0 Å². The van der Waals surface area contributed by atoms with Crippen LogP contribution in [-0.2, 0) is 0 Å². The van der Waals surface area contributed by atoms with Crippen molar-refractivity contribution in [2.24, 2.45) is 52.3 Å². The second kappa shape index (κ2) is 7.85. The van der Waals surface area contributed by atoms with Gasteiger partial charge in [-0.15, -0.1) is 0 Å². The Hall–Kier alpha value is -0.560. The molecule has 3 fully saturated rings. The molecule has 0 spiro atoms. The van der Waals surface area contributed by atoms with Crippen molar-refractivity contribution in [3.05, 3.63) is 23.8 Å². The van der Waals surface area contributed by atoms with Crippen LogP contribution in [0.2, 0.25) is 0 Å². The fourth-order valence-electron chi connectivity index (χ4n) is 8.25. The van der Waals surface area contributed by atoms with E-state index in [4.69, 9.17) is 0 Å². The highest BCUT2D eigenvalue weighted by Gasteiger charge is 2.58. The standard InChI is InChI=1S/C28H46O/c1-18(2)19(3)7-8-20(4)24-11-12-25-23-10-9-21-17-22(29)13-15-27(21,5)26(23)14-16-28(24,25)6/h7-9,18-20,22-26,29H,10-17H2,1-6H3/b8-7+/t19-,20?,22-,23-,24+,25-,26-,27-,28+/m0/s1. The number of aliphatic hydroxyl groups excluding tert-OH is 1.